The molecule has 2 N–H and O–H groups in total. The molecule has 2 rings (SSSR count). The highest BCUT2D eigenvalue weighted by Crippen LogP contribution is 2.13. The number of pyridine rings is 1. The highest BCUT2D eigenvalue weighted by atomic mass is 35.5. The summed E-state index contributed by atoms with van der Waals surface area (Å²) in [6.07, 6.45) is 1.38. The third-order valence-corrected chi connectivity index (χ3v) is 4.09. The van der Waals surface area contributed by atoms with E-state index in [2.05, 4.69) is 20.1 Å². The molecule has 0 bridgehead atoms. The van der Waals surface area contributed by atoms with Crippen molar-refractivity contribution >= 4 is 29.2 Å². The van der Waals surface area contributed by atoms with Crippen molar-refractivity contribution in [2.45, 2.75) is 6.42 Å². The standard InChI is InChI=1S/C15H21ClN4O3/c1-19-4-6-20(7-5-19)10-11(15(22)23)8-14(21)18-12-2-3-13(16)17-9-12/h2-3,9,11H,4-8,10H2,1H3,(H,18,21)(H,22,23)/t11-/m0/s1. The first-order valence-electron chi connectivity index (χ1n) is 7.49. The van der Waals surface area contributed by atoms with E-state index in [1.165, 1.54) is 6.20 Å². The van der Waals surface area contributed by atoms with E-state index < -0.39 is 11.9 Å². The number of carboxylic acid groups (broad SMARTS) is 1. The Kier molecular flexibility index (Phi) is 6.32. The molecule has 0 aromatic carbocycles. The third-order valence-electron chi connectivity index (χ3n) is 3.87. The van der Waals surface area contributed by atoms with Crippen molar-refractivity contribution in [2.75, 3.05) is 45.1 Å². The normalized spacial score (nSPS) is 17.7. The smallest absolute Gasteiger partial charge is 0.308 e. The first-order chi connectivity index (χ1) is 10.9. The SMILES string of the molecule is CN1CCN(C[C@H](CC(=O)Nc2ccc(Cl)nc2)C(=O)O)CC1. The average Bonchev–Trinajstić information content (AvgIpc) is 2.51. The zero-order valence-corrected chi connectivity index (χ0v) is 13.8. The molecular formula is C15H21ClN4O3. The lowest BCUT2D eigenvalue weighted by Crippen LogP contribution is -2.47. The molecule has 1 amide bonds. The van der Waals surface area contributed by atoms with Crippen LogP contribution in [0.5, 0.6) is 0 Å². The van der Waals surface area contributed by atoms with Gasteiger partial charge in [-0.25, -0.2) is 4.98 Å². The van der Waals surface area contributed by atoms with Crippen molar-refractivity contribution in [3.63, 3.8) is 0 Å². The van der Waals surface area contributed by atoms with E-state index in [0.717, 1.165) is 26.2 Å². The molecule has 0 unspecified atom stereocenters. The minimum Gasteiger partial charge on any atom is -0.481 e. The van der Waals surface area contributed by atoms with Gasteiger partial charge >= 0.3 is 5.97 Å². The molecule has 23 heavy (non-hydrogen) atoms. The van der Waals surface area contributed by atoms with Crippen molar-refractivity contribution in [1.82, 2.24) is 14.8 Å². The number of carboxylic acids is 1. The van der Waals surface area contributed by atoms with Crippen LogP contribution in [0.15, 0.2) is 18.3 Å². The largest absolute Gasteiger partial charge is 0.481 e. The molecule has 0 saturated carbocycles. The van der Waals surface area contributed by atoms with E-state index in [1.54, 1.807) is 12.1 Å². The Bertz CT molecular complexity index is 544. The lowest BCUT2D eigenvalue weighted by atomic mass is 10.0. The van der Waals surface area contributed by atoms with E-state index in [1.807, 2.05) is 7.05 Å². The first kappa shape index (κ1) is 17.7. The van der Waals surface area contributed by atoms with Crippen molar-refractivity contribution in [3.05, 3.63) is 23.5 Å². The van der Waals surface area contributed by atoms with Crippen LogP contribution < -0.4 is 5.32 Å². The van der Waals surface area contributed by atoms with Gasteiger partial charge in [0.2, 0.25) is 5.91 Å². The lowest BCUT2D eigenvalue weighted by molar-refractivity contribution is -0.144. The number of nitrogens with one attached hydrogen (secondary N) is 1. The minimum atomic E-state index is -0.951. The zero-order chi connectivity index (χ0) is 16.8. The molecule has 0 radical (unpaired) electrons. The number of rotatable bonds is 6. The summed E-state index contributed by atoms with van der Waals surface area (Å²) in [5.74, 6) is -2.01. The number of nitrogens with zero attached hydrogens (tertiary/aromatic N) is 3. The van der Waals surface area contributed by atoms with Gasteiger partial charge in [0.15, 0.2) is 0 Å². The van der Waals surface area contributed by atoms with Crippen LogP contribution >= 0.6 is 11.6 Å². The number of likely N-dealkylation sites (N-methyl/N-ethyl adjacent to an activating group) is 1. The molecule has 2 heterocycles. The topological polar surface area (TPSA) is 85.8 Å². The maximum Gasteiger partial charge on any atom is 0.308 e. The molecule has 1 aliphatic heterocycles. The molecule has 1 fully saturated rings. The van der Waals surface area contributed by atoms with Crippen molar-refractivity contribution in [1.29, 1.82) is 0 Å². The van der Waals surface area contributed by atoms with Crippen LogP contribution in [0.4, 0.5) is 5.69 Å². The van der Waals surface area contributed by atoms with Gasteiger partial charge in [-0.3, -0.25) is 14.5 Å². The Morgan fingerprint density at radius 3 is 2.61 bits per heavy atom. The number of halogens is 1. The van der Waals surface area contributed by atoms with Gasteiger partial charge in [-0.05, 0) is 19.2 Å². The van der Waals surface area contributed by atoms with Crippen LogP contribution in [0.1, 0.15) is 6.42 Å². The summed E-state index contributed by atoms with van der Waals surface area (Å²) >= 11 is 5.68. The van der Waals surface area contributed by atoms with Gasteiger partial charge in [0.1, 0.15) is 5.15 Å². The summed E-state index contributed by atoms with van der Waals surface area (Å²) in [5, 5.41) is 12.3. The van der Waals surface area contributed by atoms with E-state index in [-0.39, 0.29) is 12.3 Å². The number of carbonyl (C=O) groups is 2. The van der Waals surface area contributed by atoms with Crippen LogP contribution in [0.3, 0.4) is 0 Å². The summed E-state index contributed by atoms with van der Waals surface area (Å²) < 4.78 is 0. The summed E-state index contributed by atoms with van der Waals surface area (Å²) in [6, 6.07) is 3.19. The lowest BCUT2D eigenvalue weighted by Gasteiger charge is -2.33. The predicted molar refractivity (Wildman–Crippen MR) is 87.6 cm³/mol. The Balaban J connectivity index is 1.87. The first-order valence-corrected chi connectivity index (χ1v) is 7.87. The molecule has 1 aromatic heterocycles. The molecule has 7 nitrogen and oxygen atoms in total. The molecular weight excluding hydrogens is 320 g/mol. The third kappa shape index (κ3) is 5.78. The van der Waals surface area contributed by atoms with Crippen LogP contribution in [0.25, 0.3) is 0 Å². The summed E-state index contributed by atoms with van der Waals surface area (Å²) in [7, 11) is 2.04. The average molecular weight is 341 g/mol. The van der Waals surface area contributed by atoms with Gasteiger partial charge in [-0.15, -0.1) is 0 Å². The van der Waals surface area contributed by atoms with Crippen molar-refractivity contribution < 1.29 is 14.7 Å². The van der Waals surface area contributed by atoms with Gasteiger partial charge in [-0.1, -0.05) is 11.6 Å². The number of aromatic nitrogens is 1. The number of amides is 1. The van der Waals surface area contributed by atoms with Gasteiger partial charge in [0.05, 0.1) is 17.8 Å². The second kappa shape index (κ2) is 8.24. The monoisotopic (exact) mass is 340 g/mol. The fraction of sp³-hybridized carbons (Fsp3) is 0.533. The minimum absolute atomic E-state index is 0.0652. The number of piperazine rings is 1. The molecule has 1 saturated heterocycles. The fourth-order valence-electron chi connectivity index (χ4n) is 2.46. The number of anilines is 1. The van der Waals surface area contributed by atoms with Gasteiger partial charge in [0.25, 0.3) is 0 Å². The van der Waals surface area contributed by atoms with E-state index in [4.69, 9.17) is 11.6 Å². The van der Waals surface area contributed by atoms with Gasteiger partial charge in [0, 0.05) is 39.1 Å². The summed E-state index contributed by atoms with van der Waals surface area (Å²) in [6.45, 7) is 3.85. The van der Waals surface area contributed by atoms with Gasteiger partial charge < -0.3 is 15.3 Å². The van der Waals surface area contributed by atoms with Crippen molar-refractivity contribution in [3.8, 4) is 0 Å². The molecule has 1 aromatic rings. The maximum atomic E-state index is 12.0. The molecule has 0 spiro atoms. The van der Waals surface area contributed by atoms with E-state index in [0.29, 0.717) is 17.4 Å². The van der Waals surface area contributed by atoms with Crippen LogP contribution in [-0.2, 0) is 9.59 Å². The Morgan fingerprint density at radius 1 is 1.35 bits per heavy atom. The quantitative estimate of drug-likeness (QED) is 0.752. The number of hydrogen-bond donors (Lipinski definition) is 2. The second-order valence-corrected chi connectivity index (χ2v) is 6.15. The van der Waals surface area contributed by atoms with E-state index in [9.17, 15) is 14.7 Å². The highest BCUT2D eigenvalue weighted by Gasteiger charge is 2.25. The molecule has 0 aliphatic carbocycles. The number of hydrogen-bond acceptors (Lipinski definition) is 5. The summed E-state index contributed by atoms with van der Waals surface area (Å²) in [4.78, 5) is 31.6. The van der Waals surface area contributed by atoms with Crippen LogP contribution in [0.2, 0.25) is 5.15 Å². The molecule has 126 valence electrons. The maximum absolute atomic E-state index is 12.0. The molecule has 8 heteroatoms. The molecule has 1 aliphatic rings. The highest BCUT2D eigenvalue weighted by molar-refractivity contribution is 6.29. The predicted octanol–water partition coefficient (Wildman–Crippen LogP) is 1.01. The Morgan fingerprint density at radius 2 is 2.04 bits per heavy atom. The second-order valence-electron chi connectivity index (χ2n) is 5.76. The van der Waals surface area contributed by atoms with E-state index >= 15 is 0 Å². The molecule has 1 atom stereocenters. The Labute approximate surface area is 140 Å². The zero-order valence-electron chi connectivity index (χ0n) is 13.0. The summed E-state index contributed by atoms with van der Waals surface area (Å²) in [5.41, 5.74) is 0.503. The Hall–Kier alpha value is -1.70. The van der Waals surface area contributed by atoms with Crippen LogP contribution in [-0.4, -0.2) is 71.5 Å². The number of carbonyl (C=O) groups excluding carboxylic acids is 1. The van der Waals surface area contributed by atoms with Gasteiger partial charge in [-0.2, -0.15) is 0 Å². The van der Waals surface area contributed by atoms with Crippen molar-refractivity contribution in [2.24, 2.45) is 5.92 Å². The fourth-order valence-corrected chi connectivity index (χ4v) is 2.57. The number of aliphatic carboxylic acids is 1. The van der Waals surface area contributed by atoms with Crippen LogP contribution in [0, 0.1) is 5.92 Å².